The number of carbonyl (C=O) groups excluding carboxylic acids is 2. The lowest BCUT2D eigenvalue weighted by molar-refractivity contribution is -0.117. The molecule has 1 amide bonds. The number of amides is 1. The number of hydrogen-bond acceptors (Lipinski definition) is 2. The number of carbonyl (C=O) groups is 2. The Labute approximate surface area is 164 Å². The van der Waals surface area contributed by atoms with E-state index in [-0.39, 0.29) is 0 Å². The number of benzene rings is 1. The van der Waals surface area contributed by atoms with Gasteiger partial charge in [0.1, 0.15) is 5.69 Å². The molecule has 0 radical (unpaired) electrons. The van der Waals surface area contributed by atoms with Gasteiger partial charge in [-0.05, 0) is 55.9 Å². The van der Waals surface area contributed by atoms with Gasteiger partial charge in [-0.1, -0.05) is 48.0 Å². The Balaban J connectivity index is 1.57. The molecule has 0 saturated heterocycles. The maximum absolute atomic E-state index is 13.0. The summed E-state index contributed by atoms with van der Waals surface area (Å²) in [6.07, 6.45) is 9.61. The SMILES string of the molecule is O=C(NCCC1=CCCCC1)C(=O)c1c(-c2ccccc2)cc2ccccn12. The minimum Gasteiger partial charge on any atom is -0.349 e. The van der Waals surface area contributed by atoms with Crippen molar-refractivity contribution < 1.29 is 9.59 Å². The topological polar surface area (TPSA) is 50.6 Å². The molecule has 0 aliphatic heterocycles. The second kappa shape index (κ2) is 8.26. The van der Waals surface area contributed by atoms with Crippen LogP contribution < -0.4 is 5.32 Å². The zero-order valence-corrected chi connectivity index (χ0v) is 15.9. The Kier molecular flexibility index (Phi) is 5.38. The number of fused-ring (bicyclic) bond motifs is 1. The van der Waals surface area contributed by atoms with Crippen molar-refractivity contribution >= 4 is 17.2 Å². The summed E-state index contributed by atoms with van der Waals surface area (Å²) >= 11 is 0. The number of nitrogens with zero attached hydrogens (tertiary/aromatic N) is 1. The maximum atomic E-state index is 13.0. The number of aromatic nitrogens is 1. The van der Waals surface area contributed by atoms with Gasteiger partial charge >= 0.3 is 0 Å². The van der Waals surface area contributed by atoms with Crippen LogP contribution in [0.25, 0.3) is 16.6 Å². The number of nitrogens with one attached hydrogen (secondary N) is 1. The van der Waals surface area contributed by atoms with E-state index in [4.69, 9.17) is 0 Å². The van der Waals surface area contributed by atoms with E-state index in [0.29, 0.717) is 12.2 Å². The smallest absolute Gasteiger partial charge is 0.294 e. The third kappa shape index (κ3) is 3.77. The van der Waals surface area contributed by atoms with Crippen molar-refractivity contribution in [1.29, 1.82) is 0 Å². The van der Waals surface area contributed by atoms with Crippen LogP contribution in [0.1, 0.15) is 42.6 Å². The highest BCUT2D eigenvalue weighted by Gasteiger charge is 2.24. The molecule has 0 saturated carbocycles. The van der Waals surface area contributed by atoms with Gasteiger partial charge in [0.25, 0.3) is 11.7 Å². The van der Waals surface area contributed by atoms with Crippen molar-refractivity contribution in [3.8, 4) is 11.1 Å². The van der Waals surface area contributed by atoms with Crippen LogP contribution in [0.3, 0.4) is 0 Å². The molecule has 142 valence electrons. The van der Waals surface area contributed by atoms with E-state index >= 15 is 0 Å². The molecular weight excluding hydrogens is 348 g/mol. The Bertz CT molecular complexity index is 1030. The molecule has 4 rings (SSSR count). The third-order valence-corrected chi connectivity index (χ3v) is 5.30. The summed E-state index contributed by atoms with van der Waals surface area (Å²) in [6.45, 7) is 0.500. The van der Waals surface area contributed by atoms with Gasteiger partial charge in [0.05, 0.1) is 0 Å². The predicted octanol–water partition coefficient (Wildman–Crippen LogP) is 4.80. The third-order valence-electron chi connectivity index (χ3n) is 5.30. The molecule has 2 aromatic heterocycles. The molecule has 0 spiro atoms. The molecule has 1 aliphatic rings. The first-order valence-electron chi connectivity index (χ1n) is 9.90. The van der Waals surface area contributed by atoms with Crippen molar-refractivity contribution in [3.05, 3.63) is 78.1 Å². The van der Waals surface area contributed by atoms with E-state index in [0.717, 1.165) is 35.9 Å². The molecular formula is C24H24N2O2. The number of pyridine rings is 1. The average molecular weight is 372 g/mol. The largest absolute Gasteiger partial charge is 0.349 e. The Hall–Kier alpha value is -3.14. The number of allylic oxidation sites excluding steroid dienone is 1. The van der Waals surface area contributed by atoms with Crippen LogP contribution in [0, 0.1) is 0 Å². The lowest BCUT2D eigenvalue weighted by Gasteiger charge is -2.13. The molecule has 1 N–H and O–H groups in total. The second-order valence-corrected chi connectivity index (χ2v) is 7.21. The quantitative estimate of drug-likeness (QED) is 0.384. The zero-order valence-electron chi connectivity index (χ0n) is 15.9. The van der Waals surface area contributed by atoms with E-state index < -0.39 is 11.7 Å². The van der Waals surface area contributed by atoms with Crippen molar-refractivity contribution in [2.24, 2.45) is 0 Å². The first-order chi connectivity index (χ1) is 13.7. The van der Waals surface area contributed by atoms with Crippen LogP contribution in [0.5, 0.6) is 0 Å². The molecule has 1 aromatic carbocycles. The molecule has 0 unspecified atom stereocenters. The minimum atomic E-state index is -0.544. The van der Waals surface area contributed by atoms with Gasteiger partial charge in [-0.3, -0.25) is 9.59 Å². The van der Waals surface area contributed by atoms with Gasteiger partial charge in [0.2, 0.25) is 0 Å². The predicted molar refractivity (Wildman–Crippen MR) is 111 cm³/mol. The highest BCUT2D eigenvalue weighted by Crippen LogP contribution is 2.28. The van der Waals surface area contributed by atoms with Crippen molar-refractivity contribution in [2.45, 2.75) is 32.1 Å². The van der Waals surface area contributed by atoms with E-state index in [2.05, 4.69) is 11.4 Å². The summed E-state index contributed by atoms with van der Waals surface area (Å²) in [7, 11) is 0. The highest BCUT2D eigenvalue weighted by molar-refractivity contribution is 6.43. The van der Waals surface area contributed by atoms with Crippen LogP contribution in [0.15, 0.2) is 72.4 Å². The summed E-state index contributed by atoms with van der Waals surface area (Å²) in [5.41, 5.74) is 4.40. The van der Waals surface area contributed by atoms with Gasteiger partial charge in [-0.25, -0.2) is 0 Å². The van der Waals surface area contributed by atoms with Gasteiger partial charge in [-0.15, -0.1) is 0 Å². The molecule has 0 fully saturated rings. The van der Waals surface area contributed by atoms with Crippen molar-refractivity contribution in [2.75, 3.05) is 6.54 Å². The summed E-state index contributed by atoms with van der Waals surface area (Å²) in [5.74, 6) is -1.04. The van der Waals surface area contributed by atoms with Crippen LogP contribution in [0.2, 0.25) is 0 Å². The molecule has 4 heteroatoms. The number of rotatable bonds is 6. The average Bonchev–Trinajstić information content (AvgIpc) is 3.14. The molecule has 3 aromatic rings. The number of ketones is 1. The van der Waals surface area contributed by atoms with Crippen LogP contribution in [-0.2, 0) is 4.79 Å². The van der Waals surface area contributed by atoms with Crippen LogP contribution in [-0.4, -0.2) is 22.6 Å². The zero-order chi connectivity index (χ0) is 19.3. The fourth-order valence-electron chi connectivity index (χ4n) is 3.85. The standard InChI is InChI=1S/C24H24N2O2/c27-23(24(28)25-15-14-18-9-3-1-4-10-18)22-21(19-11-5-2-6-12-19)17-20-13-7-8-16-26(20)22/h2,5-9,11-13,16-17H,1,3-4,10,14-15H2,(H,25,28). The molecule has 0 atom stereocenters. The highest BCUT2D eigenvalue weighted by atomic mass is 16.2. The first kappa shape index (κ1) is 18.2. The van der Waals surface area contributed by atoms with Crippen LogP contribution >= 0.6 is 0 Å². The lowest BCUT2D eigenvalue weighted by atomic mass is 9.97. The number of Topliss-reactive ketones (excluding diaryl/α,β-unsaturated/α-hetero) is 1. The molecule has 28 heavy (non-hydrogen) atoms. The minimum absolute atomic E-state index is 0.413. The molecule has 2 heterocycles. The van der Waals surface area contributed by atoms with Crippen LogP contribution in [0.4, 0.5) is 0 Å². The molecule has 1 aliphatic carbocycles. The summed E-state index contributed by atoms with van der Waals surface area (Å²) in [4.78, 5) is 25.7. The summed E-state index contributed by atoms with van der Waals surface area (Å²) in [6, 6.07) is 17.4. The fraction of sp³-hybridized carbons (Fsp3) is 0.250. The number of hydrogen-bond donors (Lipinski definition) is 1. The second-order valence-electron chi connectivity index (χ2n) is 7.21. The van der Waals surface area contributed by atoms with Gasteiger partial charge < -0.3 is 9.72 Å². The van der Waals surface area contributed by atoms with E-state index in [1.54, 1.807) is 4.40 Å². The van der Waals surface area contributed by atoms with Crippen molar-refractivity contribution in [3.63, 3.8) is 0 Å². The Morgan fingerprint density at radius 1 is 1.00 bits per heavy atom. The van der Waals surface area contributed by atoms with Gasteiger partial charge in [0.15, 0.2) is 0 Å². The lowest BCUT2D eigenvalue weighted by Crippen LogP contribution is -2.33. The van der Waals surface area contributed by atoms with E-state index in [1.165, 1.54) is 18.4 Å². The normalized spacial score (nSPS) is 13.9. The Morgan fingerprint density at radius 3 is 2.61 bits per heavy atom. The van der Waals surface area contributed by atoms with E-state index in [9.17, 15) is 9.59 Å². The molecule has 0 bridgehead atoms. The van der Waals surface area contributed by atoms with Crippen molar-refractivity contribution in [1.82, 2.24) is 9.72 Å². The Morgan fingerprint density at radius 2 is 1.82 bits per heavy atom. The van der Waals surface area contributed by atoms with E-state index in [1.807, 2.05) is 60.8 Å². The molecule has 4 nitrogen and oxygen atoms in total. The fourth-order valence-corrected chi connectivity index (χ4v) is 3.85. The first-order valence-corrected chi connectivity index (χ1v) is 9.90. The monoisotopic (exact) mass is 372 g/mol. The maximum Gasteiger partial charge on any atom is 0.294 e. The summed E-state index contributed by atoms with van der Waals surface area (Å²) < 4.78 is 1.80. The van der Waals surface area contributed by atoms with Gasteiger partial charge in [0, 0.05) is 23.8 Å². The summed E-state index contributed by atoms with van der Waals surface area (Å²) in [5, 5.41) is 2.82. The van der Waals surface area contributed by atoms with Gasteiger partial charge in [-0.2, -0.15) is 0 Å².